The van der Waals surface area contributed by atoms with E-state index >= 15 is 0 Å². The van der Waals surface area contributed by atoms with Crippen LogP contribution in [0.3, 0.4) is 0 Å². The molecule has 1 heterocycles. The maximum Gasteiger partial charge on any atom is 0.256 e. The first kappa shape index (κ1) is 22.9. The second-order valence-electron chi connectivity index (χ2n) is 7.86. The number of anilines is 1. The van der Waals surface area contributed by atoms with Crippen LogP contribution in [0.25, 0.3) is 0 Å². The number of aryl methyl sites for hydroxylation is 2. The van der Waals surface area contributed by atoms with Crippen molar-refractivity contribution < 1.29 is 9.53 Å². The minimum absolute atomic E-state index is 0.233. The summed E-state index contributed by atoms with van der Waals surface area (Å²) in [6, 6.07) is 20.7. The maximum atomic E-state index is 12.8. The van der Waals surface area contributed by atoms with Crippen LogP contribution >= 0.6 is 23.2 Å². The quantitative estimate of drug-likeness (QED) is 0.321. The summed E-state index contributed by atoms with van der Waals surface area (Å²) in [6.07, 6.45) is 1.80. The summed E-state index contributed by atoms with van der Waals surface area (Å²) in [7, 11) is 0. The molecule has 0 aliphatic carbocycles. The van der Waals surface area contributed by atoms with Crippen LogP contribution in [0, 0.1) is 13.8 Å². The van der Waals surface area contributed by atoms with Crippen molar-refractivity contribution in [3.05, 3.63) is 111 Å². The minimum atomic E-state index is -0.233. The molecule has 4 rings (SSSR count). The summed E-state index contributed by atoms with van der Waals surface area (Å²) < 4.78 is 7.69. The summed E-state index contributed by atoms with van der Waals surface area (Å²) in [4.78, 5) is 12.8. The van der Waals surface area contributed by atoms with E-state index in [0.717, 1.165) is 28.0 Å². The number of hydrogen-bond donors (Lipinski definition) is 1. The highest BCUT2D eigenvalue weighted by Crippen LogP contribution is 2.23. The van der Waals surface area contributed by atoms with E-state index < -0.39 is 0 Å². The van der Waals surface area contributed by atoms with Gasteiger partial charge in [0.1, 0.15) is 12.4 Å². The molecule has 0 aliphatic rings. The number of nitrogens with one attached hydrogen (secondary N) is 1. The van der Waals surface area contributed by atoms with Gasteiger partial charge in [0.25, 0.3) is 5.91 Å². The van der Waals surface area contributed by atoms with Crippen molar-refractivity contribution in [3.63, 3.8) is 0 Å². The lowest BCUT2D eigenvalue weighted by Crippen LogP contribution is -2.13. The van der Waals surface area contributed by atoms with Crippen molar-refractivity contribution in [2.24, 2.45) is 0 Å². The van der Waals surface area contributed by atoms with Crippen molar-refractivity contribution in [2.75, 3.05) is 5.32 Å². The number of benzene rings is 3. The van der Waals surface area contributed by atoms with Crippen molar-refractivity contribution in [1.29, 1.82) is 0 Å². The third-order valence-electron chi connectivity index (χ3n) is 5.14. The molecule has 0 radical (unpaired) electrons. The third kappa shape index (κ3) is 5.95. The highest BCUT2D eigenvalue weighted by atomic mass is 35.5. The number of nitrogens with zero attached hydrogens (tertiary/aromatic N) is 2. The standard InChI is InChI=1S/C26H23Cl2N3O2/c1-17-6-7-18(2)24(12-17)33-16-20-4-3-5-21(13-20)26(32)29-25-10-11-31(30-25)15-19-8-9-22(27)23(28)14-19/h3-14H,15-16H2,1-2H3,(H,29,30,32). The smallest absolute Gasteiger partial charge is 0.256 e. The van der Waals surface area contributed by atoms with Crippen molar-refractivity contribution in [3.8, 4) is 5.75 Å². The Morgan fingerprint density at radius 1 is 0.970 bits per heavy atom. The minimum Gasteiger partial charge on any atom is -0.489 e. The van der Waals surface area contributed by atoms with Crippen LogP contribution in [0.4, 0.5) is 5.82 Å². The van der Waals surface area contributed by atoms with Gasteiger partial charge < -0.3 is 10.1 Å². The van der Waals surface area contributed by atoms with Gasteiger partial charge in [0.2, 0.25) is 0 Å². The number of rotatable bonds is 7. The predicted molar refractivity (Wildman–Crippen MR) is 132 cm³/mol. The third-order valence-corrected chi connectivity index (χ3v) is 5.88. The molecule has 0 saturated carbocycles. The average Bonchev–Trinajstić information content (AvgIpc) is 3.23. The normalized spacial score (nSPS) is 10.8. The van der Waals surface area contributed by atoms with E-state index in [1.165, 1.54) is 0 Å². The van der Waals surface area contributed by atoms with Crippen LogP contribution in [-0.4, -0.2) is 15.7 Å². The Labute approximate surface area is 202 Å². The first-order valence-electron chi connectivity index (χ1n) is 10.4. The number of amides is 1. The summed E-state index contributed by atoms with van der Waals surface area (Å²) in [5.74, 6) is 1.08. The lowest BCUT2D eigenvalue weighted by molar-refractivity contribution is 0.102. The molecule has 0 unspecified atom stereocenters. The molecule has 3 aromatic carbocycles. The summed E-state index contributed by atoms with van der Waals surface area (Å²) in [5.41, 5.74) is 4.63. The molecule has 0 fully saturated rings. The summed E-state index contributed by atoms with van der Waals surface area (Å²) in [5, 5.41) is 8.27. The van der Waals surface area contributed by atoms with E-state index in [0.29, 0.717) is 34.6 Å². The first-order valence-corrected chi connectivity index (χ1v) is 11.2. The Morgan fingerprint density at radius 3 is 2.64 bits per heavy atom. The molecule has 7 heteroatoms. The summed E-state index contributed by atoms with van der Waals surface area (Å²) >= 11 is 12.0. The molecule has 0 spiro atoms. The van der Waals surface area contributed by atoms with Gasteiger partial charge in [0.15, 0.2) is 5.82 Å². The van der Waals surface area contributed by atoms with Crippen molar-refractivity contribution >= 4 is 34.9 Å². The topological polar surface area (TPSA) is 56.1 Å². The molecule has 33 heavy (non-hydrogen) atoms. The fourth-order valence-corrected chi connectivity index (χ4v) is 3.68. The van der Waals surface area contributed by atoms with E-state index in [9.17, 15) is 4.79 Å². The van der Waals surface area contributed by atoms with Crippen LogP contribution < -0.4 is 10.1 Å². The highest BCUT2D eigenvalue weighted by molar-refractivity contribution is 6.42. The lowest BCUT2D eigenvalue weighted by Gasteiger charge is -2.11. The van der Waals surface area contributed by atoms with E-state index in [1.54, 1.807) is 35.1 Å². The van der Waals surface area contributed by atoms with Gasteiger partial charge in [-0.05, 0) is 66.4 Å². The maximum absolute atomic E-state index is 12.8. The zero-order chi connectivity index (χ0) is 23.4. The van der Waals surface area contributed by atoms with Gasteiger partial charge in [-0.25, -0.2) is 0 Å². The Balaban J connectivity index is 1.38. The van der Waals surface area contributed by atoms with Gasteiger partial charge in [-0.2, -0.15) is 5.10 Å². The van der Waals surface area contributed by atoms with Gasteiger partial charge >= 0.3 is 0 Å². The molecule has 4 aromatic rings. The zero-order valence-electron chi connectivity index (χ0n) is 18.3. The van der Waals surface area contributed by atoms with Gasteiger partial charge in [-0.3, -0.25) is 9.48 Å². The SMILES string of the molecule is Cc1ccc(C)c(OCc2cccc(C(=O)Nc3ccn(Cc4ccc(Cl)c(Cl)c4)n3)c2)c1. The molecule has 1 aromatic heterocycles. The molecule has 5 nitrogen and oxygen atoms in total. The molecule has 0 atom stereocenters. The van der Waals surface area contributed by atoms with E-state index in [4.69, 9.17) is 27.9 Å². The van der Waals surface area contributed by atoms with Gasteiger partial charge in [0, 0.05) is 17.8 Å². The fraction of sp³-hybridized carbons (Fsp3) is 0.154. The van der Waals surface area contributed by atoms with Crippen molar-refractivity contribution in [2.45, 2.75) is 27.0 Å². The van der Waals surface area contributed by atoms with E-state index in [2.05, 4.69) is 16.5 Å². The van der Waals surface area contributed by atoms with Crippen molar-refractivity contribution in [1.82, 2.24) is 9.78 Å². The molecule has 1 N–H and O–H groups in total. The second kappa shape index (κ2) is 10.1. The molecular weight excluding hydrogens is 457 g/mol. The fourth-order valence-electron chi connectivity index (χ4n) is 3.36. The van der Waals surface area contributed by atoms with E-state index in [1.807, 2.05) is 50.2 Å². The largest absolute Gasteiger partial charge is 0.489 e. The van der Waals surface area contributed by atoms with Crippen LogP contribution in [0.5, 0.6) is 5.75 Å². The van der Waals surface area contributed by atoms with E-state index in [-0.39, 0.29) is 5.91 Å². The molecular formula is C26H23Cl2N3O2. The highest BCUT2D eigenvalue weighted by Gasteiger charge is 2.10. The monoisotopic (exact) mass is 479 g/mol. The van der Waals surface area contributed by atoms with Gasteiger partial charge in [-0.15, -0.1) is 0 Å². The molecule has 1 amide bonds. The van der Waals surface area contributed by atoms with Gasteiger partial charge in [-0.1, -0.05) is 53.5 Å². The van der Waals surface area contributed by atoms with Crippen LogP contribution in [0.1, 0.15) is 32.6 Å². The Bertz CT molecular complexity index is 1300. The Hall–Kier alpha value is -3.28. The number of aromatic nitrogens is 2. The number of ether oxygens (including phenoxy) is 1. The first-order chi connectivity index (χ1) is 15.9. The Morgan fingerprint density at radius 2 is 1.82 bits per heavy atom. The average molecular weight is 480 g/mol. The number of hydrogen-bond acceptors (Lipinski definition) is 3. The molecule has 0 saturated heterocycles. The molecule has 0 aliphatic heterocycles. The second-order valence-corrected chi connectivity index (χ2v) is 8.67. The van der Waals surface area contributed by atoms with Crippen LogP contribution in [0.2, 0.25) is 10.0 Å². The van der Waals surface area contributed by atoms with Crippen LogP contribution in [-0.2, 0) is 13.2 Å². The lowest BCUT2D eigenvalue weighted by atomic mass is 10.1. The number of carbonyl (C=O) groups excluding carboxylic acids is 1. The molecule has 0 bridgehead atoms. The van der Waals surface area contributed by atoms with Gasteiger partial charge in [0.05, 0.1) is 16.6 Å². The summed E-state index contributed by atoms with van der Waals surface area (Å²) in [6.45, 7) is 4.93. The predicted octanol–water partition coefficient (Wildman–Crippen LogP) is 6.69. The zero-order valence-corrected chi connectivity index (χ0v) is 19.8. The number of carbonyl (C=O) groups is 1. The van der Waals surface area contributed by atoms with Crippen LogP contribution in [0.15, 0.2) is 72.9 Å². The number of halogens is 2. The molecule has 168 valence electrons. The Kier molecular flexibility index (Phi) is 7.02.